The first-order valence-electron chi connectivity index (χ1n) is 8.39. The van der Waals surface area contributed by atoms with Gasteiger partial charge in [-0.1, -0.05) is 12.1 Å². The zero-order valence-corrected chi connectivity index (χ0v) is 15.8. The van der Waals surface area contributed by atoms with Gasteiger partial charge in [0.25, 0.3) is 0 Å². The van der Waals surface area contributed by atoms with Crippen LogP contribution in [0.25, 0.3) is 0 Å². The Morgan fingerprint density at radius 2 is 1.70 bits per heavy atom. The van der Waals surface area contributed by atoms with Crippen molar-refractivity contribution in [1.82, 2.24) is 15.2 Å². The summed E-state index contributed by atoms with van der Waals surface area (Å²) in [6.45, 7) is 2.76. The first-order chi connectivity index (χ1) is 12.8. The molecule has 27 heavy (non-hydrogen) atoms. The van der Waals surface area contributed by atoms with Crippen LogP contribution < -0.4 is 10.5 Å². The van der Waals surface area contributed by atoms with E-state index in [1.807, 2.05) is 19.1 Å². The van der Waals surface area contributed by atoms with Crippen LogP contribution in [0.15, 0.2) is 53.7 Å². The molecule has 9 heteroatoms. The number of sulfonamides is 1. The molecule has 2 rings (SSSR count). The molecule has 2 amide bonds. The Labute approximate surface area is 158 Å². The van der Waals surface area contributed by atoms with E-state index in [4.69, 9.17) is 5.14 Å². The SMILES string of the molecule is CCN(CCc1ccncc1)C(=O)C(=O)NCc1ccc(S(N)(=O)=O)cc1. The van der Waals surface area contributed by atoms with Gasteiger partial charge in [0.15, 0.2) is 0 Å². The minimum atomic E-state index is -3.76. The molecular formula is C18H22N4O4S. The molecular weight excluding hydrogens is 368 g/mol. The molecule has 0 aliphatic heterocycles. The average Bonchev–Trinajstić information content (AvgIpc) is 2.67. The summed E-state index contributed by atoms with van der Waals surface area (Å²) in [5.74, 6) is -1.31. The van der Waals surface area contributed by atoms with E-state index in [9.17, 15) is 18.0 Å². The third kappa shape index (κ3) is 6.15. The van der Waals surface area contributed by atoms with Gasteiger partial charge in [0.05, 0.1) is 4.90 Å². The Hall–Kier alpha value is -2.78. The van der Waals surface area contributed by atoms with Crippen LogP contribution in [-0.4, -0.2) is 43.2 Å². The Morgan fingerprint density at radius 3 is 2.26 bits per heavy atom. The minimum absolute atomic E-state index is 0.0121. The molecule has 0 atom stereocenters. The summed E-state index contributed by atoms with van der Waals surface area (Å²) in [7, 11) is -3.76. The van der Waals surface area contributed by atoms with Crippen molar-refractivity contribution in [3.63, 3.8) is 0 Å². The monoisotopic (exact) mass is 390 g/mol. The van der Waals surface area contributed by atoms with Crippen molar-refractivity contribution in [2.24, 2.45) is 5.14 Å². The highest BCUT2D eigenvalue weighted by atomic mass is 32.2. The van der Waals surface area contributed by atoms with Crippen LogP contribution in [-0.2, 0) is 32.6 Å². The predicted molar refractivity (Wildman–Crippen MR) is 99.9 cm³/mol. The summed E-state index contributed by atoms with van der Waals surface area (Å²) in [6, 6.07) is 9.50. The van der Waals surface area contributed by atoms with Crippen molar-refractivity contribution >= 4 is 21.8 Å². The topological polar surface area (TPSA) is 122 Å². The van der Waals surface area contributed by atoms with Crippen LogP contribution >= 0.6 is 0 Å². The fraction of sp³-hybridized carbons (Fsp3) is 0.278. The molecule has 0 saturated heterocycles. The number of amides is 2. The molecule has 144 valence electrons. The number of aromatic nitrogens is 1. The van der Waals surface area contributed by atoms with E-state index in [1.165, 1.54) is 29.2 Å². The van der Waals surface area contributed by atoms with E-state index < -0.39 is 21.8 Å². The van der Waals surface area contributed by atoms with E-state index in [0.29, 0.717) is 25.1 Å². The maximum absolute atomic E-state index is 12.3. The van der Waals surface area contributed by atoms with Crippen molar-refractivity contribution in [3.8, 4) is 0 Å². The van der Waals surface area contributed by atoms with Gasteiger partial charge in [-0.25, -0.2) is 13.6 Å². The van der Waals surface area contributed by atoms with Gasteiger partial charge in [0, 0.05) is 32.0 Å². The number of nitrogens with zero attached hydrogens (tertiary/aromatic N) is 2. The maximum Gasteiger partial charge on any atom is 0.311 e. The number of rotatable bonds is 7. The predicted octanol–water partition coefficient (Wildman–Crippen LogP) is 0.436. The van der Waals surface area contributed by atoms with Gasteiger partial charge in [-0.05, 0) is 48.7 Å². The molecule has 1 heterocycles. The largest absolute Gasteiger partial charge is 0.344 e. The number of carbonyl (C=O) groups excluding carboxylic acids is 2. The molecule has 0 bridgehead atoms. The Morgan fingerprint density at radius 1 is 1.07 bits per heavy atom. The number of pyridine rings is 1. The lowest BCUT2D eigenvalue weighted by atomic mass is 10.2. The highest BCUT2D eigenvalue weighted by Gasteiger charge is 2.20. The number of likely N-dealkylation sites (N-methyl/N-ethyl adjacent to an activating group) is 1. The number of nitrogens with one attached hydrogen (secondary N) is 1. The third-order valence-corrected chi connectivity index (χ3v) is 4.92. The van der Waals surface area contributed by atoms with Crippen LogP contribution in [0, 0.1) is 0 Å². The van der Waals surface area contributed by atoms with Crippen molar-refractivity contribution in [1.29, 1.82) is 0 Å². The third-order valence-electron chi connectivity index (χ3n) is 3.99. The molecule has 1 aromatic carbocycles. The molecule has 8 nitrogen and oxygen atoms in total. The van der Waals surface area contributed by atoms with Gasteiger partial charge >= 0.3 is 11.8 Å². The lowest BCUT2D eigenvalue weighted by Gasteiger charge is -2.20. The first-order valence-corrected chi connectivity index (χ1v) is 9.93. The van der Waals surface area contributed by atoms with Crippen LogP contribution in [0.3, 0.4) is 0 Å². The second-order valence-corrected chi connectivity index (χ2v) is 7.42. The van der Waals surface area contributed by atoms with Crippen LogP contribution in [0.2, 0.25) is 0 Å². The van der Waals surface area contributed by atoms with E-state index in [2.05, 4.69) is 10.3 Å². The van der Waals surface area contributed by atoms with Crippen molar-refractivity contribution in [2.45, 2.75) is 24.8 Å². The summed E-state index contributed by atoms with van der Waals surface area (Å²) < 4.78 is 22.5. The van der Waals surface area contributed by atoms with E-state index in [0.717, 1.165) is 5.56 Å². The lowest BCUT2D eigenvalue weighted by Crippen LogP contribution is -2.43. The van der Waals surface area contributed by atoms with Crippen molar-refractivity contribution in [2.75, 3.05) is 13.1 Å². The van der Waals surface area contributed by atoms with Crippen LogP contribution in [0.5, 0.6) is 0 Å². The van der Waals surface area contributed by atoms with Crippen molar-refractivity contribution in [3.05, 3.63) is 59.9 Å². The molecule has 0 fully saturated rings. The van der Waals surface area contributed by atoms with Crippen molar-refractivity contribution < 1.29 is 18.0 Å². The standard InChI is InChI=1S/C18H22N4O4S/c1-2-22(12-9-14-7-10-20-11-8-14)18(24)17(23)21-13-15-3-5-16(6-4-15)27(19,25)26/h3-8,10-11H,2,9,12-13H2,1H3,(H,21,23)(H2,19,25,26). The number of hydrogen-bond acceptors (Lipinski definition) is 5. The fourth-order valence-electron chi connectivity index (χ4n) is 2.42. The van der Waals surface area contributed by atoms with Gasteiger partial charge in [-0.3, -0.25) is 14.6 Å². The number of carbonyl (C=O) groups is 2. The van der Waals surface area contributed by atoms with Gasteiger partial charge in [0.1, 0.15) is 0 Å². The smallest absolute Gasteiger partial charge is 0.311 e. The molecule has 0 aliphatic carbocycles. The highest BCUT2D eigenvalue weighted by Crippen LogP contribution is 2.08. The lowest BCUT2D eigenvalue weighted by molar-refractivity contribution is -0.145. The summed E-state index contributed by atoms with van der Waals surface area (Å²) in [4.78, 5) is 29.8. The second-order valence-electron chi connectivity index (χ2n) is 5.86. The molecule has 0 radical (unpaired) electrons. The number of hydrogen-bond donors (Lipinski definition) is 2. The molecule has 3 N–H and O–H groups in total. The highest BCUT2D eigenvalue weighted by molar-refractivity contribution is 7.89. The van der Waals surface area contributed by atoms with Gasteiger partial charge < -0.3 is 10.2 Å². The first kappa shape index (κ1) is 20.5. The number of primary sulfonamides is 1. The molecule has 0 spiro atoms. The zero-order chi connectivity index (χ0) is 19.9. The summed E-state index contributed by atoms with van der Waals surface area (Å²) in [5, 5.41) is 7.59. The normalized spacial score (nSPS) is 11.0. The zero-order valence-electron chi connectivity index (χ0n) is 15.0. The number of nitrogens with two attached hydrogens (primary N) is 1. The minimum Gasteiger partial charge on any atom is -0.344 e. The maximum atomic E-state index is 12.3. The van der Waals surface area contributed by atoms with E-state index in [-0.39, 0.29) is 11.4 Å². The van der Waals surface area contributed by atoms with Gasteiger partial charge in [0.2, 0.25) is 10.0 Å². The van der Waals surface area contributed by atoms with Crippen LogP contribution in [0.1, 0.15) is 18.1 Å². The second kappa shape index (κ2) is 9.24. The summed E-state index contributed by atoms with van der Waals surface area (Å²) in [5.41, 5.74) is 1.69. The summed E-state index contributed by atoms with van der Waals surface area (Å²) in [6.07, 6.45) is 3.99. The Kier molecular flexibility index (Phi) is 7.03. The summed E-state index contributed by atoms with van der Waals surface area (Å²) >= 11 is 0. The molecule has 2 aromatic rings. The average molecular weight is 390 g/mol. The van der Waals surface area contributed by atoms with Gasteiger partial charge in [-0.15, -0.1) is 0 Å². The fourth-order valence-corrected chi connectivity index (χ4v) is 2.93. The quantitative estimate of drug-likeness (QED) is 0.664. The molecule has 1 aromatic heterocycles. The Balaban J connectivity index is 1.88. The van der Waals surface area contributed by atoms with E-state index in [1.54, 1.807) is 12.4 Å². The van der Waals surface area contributed by atoms with Crippen LogP contribution in [0.4, 0.5) is 0 Å². The molecule has 0 unspecified atom stereocenters. The van der Waals surface area contributed by atoms with E-state index >= 15 is 0 Å². The molecule has 0 aliphatic rings. The van der Waals surface area contributed by atoms with Gasteiger partial charge in [-0.2, -0.15) is 0 Å². The number of benzene rings is 1. The Bertz CT molecular complexity index is 883. The molecule has 0 saturated carbocycles.